The van der Waals surface area contributed by atoms with Gasteiger partial charge in [0.15, 0.2) is 5.82 Å². The fourth-order valence-electron chi connectivity index (χ4n) is 1.68. The van der Waals surface area contributed by atoms with Crippen molar-refractivity contribution in [2.75, 3.05) is 5.43 Å². The van der Waals surface area contributed by atoms with E-state index in [9.17, 15) is 8.42 Å². The Morgan fingerprint density at radius 1 is 1.40 bits per heavy atom. The Kier molecular flexibility index (Phi) is 4.65. The molecule has 7 nitrogen and oxygen atoms in total. The molecule has 1 unspecified atom stereocenters. The molecule has 20 heavy (non-hydrogen) atoms. The fourth-order valence-corrected chi connectivity index (χ4v) is 3.93. The molecule has 0 radical (unpaired) electrons. The van der Waals surface area contributed by atoms with Gasteiger partial charge in [-0.2, -0.15) is 0 Å². The molecule has 0 fully saturated rings. The Balaban J connectivity index is 2.31. The Labute approximate surface area is 121 Å². The molecule has 0 saturated carbocycles. The Bertz CT molecular complexity index is 657. The zero-order chi connectivity index (χ0) is 14.6. The average Bonchev–Trinajstić information content (AvgIpc) is 2.98. The van der Waals surface area contributed by atoms with Gasteiger partial charge in [-0.1, -0.05) is 6.92 Å². The number of nitrogen functional groups attached to an aromatic ring is 1. The predicted molar refractivity (Wildman–Crippen MR) is 77.5 cm³/mol. The van der Waals surface area contributed by atoms with Crippen LogP contribution < -0.4 is 16.0 Å². The summed E-state index contributed by atoms with van der Waals surface area (Å²) in [7, 11) is -3.73. The largest absolute Gasteiger partial charge is 0.307 e. The second-order valence-electron chi connectivity index (χ2n) is 3.95. The lowest BCUT2D eigenvalue weighted by Gasteiger charge is -2.16. The van der Waals surface area contributed by atoms with Gasteiger partial charge in [0.1, 0.15) is 9.90 Å². The molecule has 9 heteroatoms. The van der Waals surface area contributed by atoms with Crippen LogP contribution in [0.1, 0.15) is 24.4 Å². The quantitative estimate of drug-likeness (QED) is 0.547. The zero-order valence-corrected chi connectivity index (χ0v) is 12.4. The number of aromatic nitrogens is 2. The van der Waals surface area contributed by atoms with E-state index in [2.05, 4.69) is 20.1 Å². The van der Waals surface area contributed by atoms with Crippen molar-refractivity contribution in [2.24, 2.45) is 5.84 Å². The molecule has 2 aromatic rings. The van der Waals surface area contributed by atoms with E-state index in [0.29, 0.717) is 6.42 Å². The van der Waals surface area contributed by atoms with E-state index >= 15 is 0 Å². The standard InChI is InChI=1S/C11H15N5O2S2/c1-2-8(11-14-6-7-19-11)16-20(17,18)9-4-3-5-13-10(9)15-12/h3-8,16H,2,12H2,1H3,(H,13,15). The molecule has 0 aliphatic rings. The maximum absolute atomic E-state index is 12.4. The van der Waals surface area contributed by atoms with Crippen LogP contribution in [-0.2, 0) is 10.0 Å². The van der Waals surface area contributed by atoms with Crippen LogP contribution in [0.2, 0.25) is 0 Å². The normalized spacial score (nSPS) is 13.1. The van der Waals surface area contributed by atoms with E-state index in [-0.39, 0.29) is 16.8 Å². The first-order chi connectivity index (χ1) is 9.58. The van der Waals surface area contributed by atoms with Crippen LogP contribution in [-0.4, -0.2) is 18.4 Å². The molecular formula is C11H15N5O2S2. The molecule has 2 heterocycles. The highest BCUT2D eigenvalue weighted by molar-refractivity contribution is 7.89. The van der Waals surface area contributed by atoms with Gasteiger partial charge in [-0.15, -0.1) is 11.3 Å². The van der Waals surface area contributed by atoms with Gasteiger partial charge in [-0.25, -0.2) is 29.0 Å². The minimum Gasteiger partial charge on any atom is -0.307 e. The van der Waals surface area contributed by atoms with Crippen LogP contribution >= 0.6 is 11.3 Å². The monoisotopic (exact) mass is 313 g/mol. The lowest BCUT2D eigenvalue weighted by Crippen LogP contribution is -2.29. The summed E-state index contributed by atoms with van der Waals surface area (Å²) in [6, 6.07) is 2.62. The molecule has 0 amide bonds. The van der Waals surface area contributed by atoms with Crippen LogP contribution in [0.3, 0.4) is 0 Å². The van der Waals surface area contributed by atoms with Crippen molar-refractivity contribution in [1.82, 2.24) is 14.7 Å². The molecule has 108 valence electrons. The highest BCUT2D eigenvalue weighted by Gasteiger charge is 2.24. The topological polar surface area (TPSA) is 110 Å². The third-order valence-electron chi connectivity index (χ3n) is 2.65. The fraction of sp³-hybridized carbons (Fsp3) is 0.273. The van der Waals surface area contributed by atoms with Gasteiger partial charge in [0.25, 0.3) is 0 Å². The van der Waals surface area contributed by atoms with E-state index < -0.39 is 10.0 Å². The number of hydrogen-bond acceptors (Lipinski definition) is 7. The number of rotatable bonds is 6. The number of pyridine rings is 1. The predicted octanol–water partition coefficient (Wildman–Crippen LogP) is 1.25. The zero-order valence-electron chi connectivity index (χ0n) is 10.8. The van der Waals surface area contributed by atoms with Gasteiger partial charge in [-0.3, -0.25) is 0 Å². The first-order valence-corrected chi connectivity index (χ1v) is 8.28. The van der Waals surface area contributed by atoms with Gasteiger partial charge in [0.2, 0.25) is 10.0 Å². The third-order valence-corrected chi connectivity index (χ3v) is 5.04. The highest BCUT2D eigenvalue weighted by atomic mass is 32.2. The van der Waals surface area contributed by atoms with Crippen molar-refractivity contribution in [3.05, 3.63) is 34.9 Å². The summed E-state index contributed by atoms with van der Waals surface area (Å²) in [6.07, 6.45) is 3.71. The first-order valence-electron chi connectivity index (χ1n) is 5.92. The van der Waals surface area contributed by atoms with E-state index in [1.54, 1.807) is 12.3 Å². The van der Waals surface area contributed by atoms with Crippen molar-refractivity contribution in [3.63, 3.8) is 0 Å². The smallest absolute Gasteiger partial charge is 0.244 e. The minimum atomic E-state index is -3.73. The van der Waals surface area contributed by atoms with Gasteiger partial charge in [-0.05, 0) is 18.6 Å². The van der Waals surface area contributed by atoms with Crippen LogP contribution in [0, 0.1) is 0 Å². The number of nitrogens with zero attached hydrogens (tertiary/aromatic N) is 2. The van der Waals surface area contributed by atoms with Gasteiger partial charge in [0.05, 0.1) is 6.04 Å². The number of hydrogen-bond donors (Lipinski definition) is 3. The molecule has 4 N–H and O–H groups in total. The van der Waals surface area contributed by atoms with Crippen molar-refractivity contribution in [2.45, 2.75) is 24.3 Å². The lowest BCUT2D eigenvalue weighted by atomic mass is 10.3. The molecule has 0 aliphatic heterocycles. The van der Waals surface area contributed by atoms with Crippen LogP contribution in [0.5, 0.6) is 0 Å². The maximum Gasteiger partial charge on any atom is 0.244 e. The summed E-state index contributed by atoms with van der Waals surface area (Å²) in [5.41, 5.74) is 2.28. The first kappa shape index (κ1) is 14.9. The summed E-state index contributed by atoms with van der Waals surface area (Å²) >= 11 is 1.41. The molecule has 0 bridgehead atoms. The summed E-state index contributed by atoms with van der Waals surface area (Å²) < 4.78 is 27.4. The molecule has 2 rings (SSSR count). The molecule has 2 aromatic heterocycles. The molecule has 1 atom stereocenters. The Morgan fingerprint density at radius 2 is 2.20 bits per heavy atom. The van der Waals surface area contributed by atoms with Crippen LogP contribution in [0.25, 0.3) is 0 Å². The summed E-state index contributed by atoms with van der Waals surface area (Å²) in [5.74, 6) is 5.40. The SMILES string of the molecule is CCC(NS(=O)(=O)c1cccnc1NN)c1nccs1. The number of nitrogens with one attached hydrogen (secondary N) is 2. The molecular weight excluding hydrogens is 298 g/mol. The summed E-state index contributed by atoms with van der Waals surface area (Å²) in [6.45, 7) is 1.89. The number of sulfonamides is 1. The number of thiazole rings is 1. The van der Waals surface area contributed by atoms with Crippen LogP contribution in [0.4, 0.5) is 5.82 Å². The number of anilines is 1. The molecule has 0 aliphatic carbocycles. The maximum atomic E-state index is 12.4. The number of hydrazine groups is 1. The molecule has 0 aromatic carbocycles. The van der Waals surface area contributed by atoms with Gasteiger partial charge in [0, 0.05) is 17.8 Å². The highest BCUT2D eigenvalue weighted by Crippen LogP contribution is 2.24. The average molecular weight is 313 g/mol. The Morgan fingerprint density at radius 3 is 2.80 bits per heavy atom. The minimum absolute atomic E-state index is 0.0116. The van der Waals surface area contributed by atoms with Gasteiger partial charge >= 0.3 is 0 Å². The summed E-state index contributed by atoms with van der Waals surface area (Å²) in [4.78, 5) is 8.05. The van der Waals surface area contributed by atoms with Crippen molar-refractivity contribution >= 4 is 27.2 Å². The second kappa shape index (κ2) is 6.27. The number of nitrogens with two attached hydrogens (primary N) is 1. The van der Waals surface area contributed by atoms with E-state index in [1.807, 2.05) is 12.3 Å². The van der Waals surface area contributed by atoms with Crippen molar-refractivity contribution < 1.29 is 8.42 Å². The Hall–Kier alpha value is -1.55. The molecule has 0 spiro atoms. The molecule has 0 saturated heterocycles. The van der Waals surface area contributed by atoms with Gasteiger partial charge < -0.3 is 5.43 Å². The lowest BCUT2D eigenvalue weighted by molar-refractivity contribution is 0.549. The van der Waals surface area contributed by atoms with Crippen molar-refractivity contribution in [3.8, 4) is 0 Å². The van der Waals surface area contributed by atoms with Crippen LogP contribution in [0.15, 0.2) is 34.8 Å². The van der Waals surface area contributed by atoms with Crippen molar-refractivity contribution in [1.29, 1.82) is 0 Å². The van der Waals surface area contributed by atoms with E-state index in [0.717, 1.165) is 5.01 Å². The summed E-state index contributed by atoms with van der Waals surface area (Å²) in [5, 5.41) is 2.53. The second-order valence-corrected chi connectivity index (χ2v) is 6.56. The van der Waals surface area contributed by atoms with E-state index in [4.69, 9.17) is 5.84 Å². The third kappa shape index (κ3) is 3.12. The van der Waals surface area contributed by atoms with E-state index in [1.165, 1.54) is 23.6 Å².